The first-order chi connectivity index (χ1) is 6.79. The average molecular weight is 189 g/mol. The molecule has 2 nitrogen and oxygen atoms in total. The Morgan fingerprint density at radius 2 is 2.21 bits per heavy atom. The third-order valence-electron chi connectivity index (χ3n) is 2.10. The van der Waals surface area contributed by atoms with Gasteiger partial charge in [0.2, 0.25) is 0 Å². The fraction of sp³-hybridized carbons (Fsp3) is 0.333. The van der Waals surface area contributed by atoms with Crippen molar-refractivity contribution in [2.45, 2.75) is 13.5 Å². The van der Waals surface area contributed by atoms with Crippen molar-refractivity contribution in [3.8, 4) is 11.8 Å². The number of benzene rings is 1. The van der Waals surface area contributed by atoms with Gasteiger partial charge in [-0.05, 0) is 31.2 Å². The Bertz CT molecular complexity index is 360. The summed E-state index contributed by atoms with van der Waals surface area (Å²) in [4.78, 5) is 0. The molecule has 0 aliphatic rings. The van der Waals surface area contributed by atoms with Crippen LogP contribution < -0.4 is 5.32 Å². The van der Waals surface area contributed by atoms with E-state index in [1.54, 1.807) is 0 Å². The van der Waals surface area contributed by atoms with E-state index in [2.05, 4.69) is 17.2 Å². The van der Waals surface area contributed by atoms with Crippen molar-refractivity contribution in [1.29, 1.82) is 0 Å². The van der Waals surface area contributed by atoms with E-state index < -0.39 is 0 Å². The molecule has 0 saturated carbocycles. The van der Waals surface area contributed by atoms with Crippen molar-refractivity contribution in [3.05, 3.63) is 34.9 Å². The van der Waals surface area contributed by atoms with Crippen LogP contribution in [0.2, 0.25) is 0 Å². The Labute approximate surface area is 85.0 Å². The number of aliphatic hydroxyl groups excluding tert-OH is 1. The lowest BCUT2D eigenvalue weighted by Crippen LogP contribution is -2.04. The maximum Gasteiger partial charge on any atom is 0.0684 e. The van der Waals surface area contributed by atoms with Gasteiger partial charge in [-0.1, -0.05) is 24.0 Å². The summed E-state index contributed by atoms with van der Waals surface area (Å²) in [5.74, 6) is 6.07. The molecule has 14 heavy (non-hydrogen) atoms. The summed E-state index contributed by atoms with van der Waals surface area (Å²) in [6.07, 6.45) is 0. The molecule has 1 aromatic carbocycles. The van der Waals surface area contributed by atoms with E-state index in [0.717, 1.165) is 16.7 Å². The molecule has 0 radical (unpaired) electrons. The second kappa shape index (κ2) is 5.43. The summed E-state index contributed by atoms with van der Waals surface area (Å²) in [6, 6.07) is 5.80. The zero-order valence-electron chi connectivity index (χ0n) is 8.59. The van der Waals surface area contributed by atoms with Crippen LogP contribution in [-0.4, -0.2) is 18.7 Å². The molecule has 0 fully saturated rings. The maximum atomic E-state index is 9.05. The molecular formula is C12H15NO. The molecule has 0 aliphatic heterocycles. The monoisotopic (exact) mass is 189 g/mol. The fourth-order valence-electron chi connectivity index (χ4n) is 1.22. The first-order valence-electron chi connectivity index (χ1n) is 4.62. The van der Waals surface area contributed by atoms with Crippen LogP contribution in [0.3, 0.4) is 0 Å². The molecule has 0 heterocycles. The quantitative estimate of drug-likeness (QED) is 0.682. The molecule has 0 atom stereocenters. The molecule has 0 spiro atoms. The molecule has 2 heteroatoms. The largest absolute Gasteiger partial charge is 0.392 e. The molecule has 0 amide bonds. The van der Waals surface area contributed by atoms with Gasteiger partial charge in [0.1, 0.15) is 0 Å². The molecule has 0 aliphatic carbocycles. The number of nitrogens with one attached hydrogen (secondary N) is 1. The van der Waals surface area contributed by atoms with E-state index in [4.69, 9.17) is 5.11 Å². The van der Waals surface area contributed by atoms with E-state index in [-0.39, 0.29) is 6.61 Å². The highest BCUT2D eigenvalue weighted by atomic mass is 16.3. The number of hydrogen-bond acceptors (Lipinski definition) is 2. The van der Waals surface area contributed by atoms with Crippen molar-refractivity contribution in [2.24, 2.45) is 0 Å². The van der Waals surface area contributed by atoms with Crippen LogP contribution in [0.15, 0.2) is 18.2 Å². The molecule has 0 unspecified atom stereocenters. The van der Waals surface area contributed by atoms with Gasteiger partial charge in [-0.15, -0.1) is 0 Å². The Morgan fingerprint density at radius 1 is 1.43 bits per heavy atom. The van der Waals surface area contributed by atoms with Gasteiger partial charge in [0.15, 0.2) is 0 Å². The molecule has 1 rings (SSSR count). The summed E-state index contributed by atoms with van der Waals surface area (Å²) in [7, 11) is 1.87. The first-order valence-corrected chi connectivity index (χ1v) is 4.62. The van der Waals surface area contributed by atoms with E-state index in [1.165, 1.54) is 0 Å². The van der Waals surface area contributed by atoms with Gasteiger partial charge >= 0.3 is 0 Å². The van der Waals surface area contributed by atoms with Gasteiger partial charge in [-0.25, -0.2) is 0 Å². The van der Waals surface area contributed by atoms with Gasteiger partial charge < -0.3 is 10.4 Å². The molecule has 1 aromatic rings. The molecular weight excluding hydrogens is 174 g/mol. The van der Waals surface area contributed by atoms with E-state index in [0.29, 0.717) is 6.54 Å². The Kier molecular flexibility index (Phi) is 4.18. The van der Waals surface area contributed by atoms with Gasteiger partial charge in [0.25, 0.3) is 0 Å². The lowest BCUT2D eigenvalue weighted by atomic mass is 10.0. The summed E-state index contributed by atoms with van der Waals surface area (Å²) in [6.45, 7) is 2.74. The molecule has 2 N–H and O–H groups in total. The van der Waals surface area contributed by atoms with Crippen LogP contribution in [0.4, 0.5) is 0 Å². The normalized spacial score (nSPS) is 9.36. The first kappa shape index (κ1) is 10.8. The van der Waals surface area contributed by atoms with Crippen molar-refractivity contribution in [1.82, 2.24) is 5.32 Å². The molecule has 0 saturated heterocycles. The molecule has 0 aromatic heterocycles. The third kappa shape index (κ3) is 2.59. The highest BCUT2D eigenvalue weighted by molar-refractivity contribution is 5.44. The maximum absolute atomic E-state index is 9.05. The second-order valence-electron chi connectivity index (χ2n) is 3.08. The van der Waals surface area contributed by atoms with E-state index in [1.807, 2.05) is 32.2 Å². The standard InChI is InChI=1S/C12H15NO/c1-10-11(7-4-8-13-2)5-3-6-12(10)9-14/h3,5-6,13-14H,8-9H2,1-2H3. The van der Waals surface area contributed by atoms with E-state index in [9.17, 15) is 0 Å². The van der Waals surface area contributed by atoms with Crippen LogP contribution >= 0.6 is 0 Å². The van der Waals surface area contributed by atoms with Crippen molar-refractivity contribution < 1.29 is 5.11 Å². The fourth-order valence-corrected chi connectivity index (χ4v) is 1.22. The zero-order chi connectivity index (χ0) is 10.4. The average Bonchev–Trinajstić information content (AvgIpc) is 2.21. The van der Waals surface area contributed by atoms with E-state index >= 15 is 0 Å². The summed E-state index contributed by atoms with van der Waals surface area (Å²) < 4.78 is 0. The van der Waals surface area contributed by atoms with Crippen molar-refractivity contribution in [2.75, 3.05) is 13.6 Å². The third-order valence-corrected chi connectivity index (χ3v) is 2.10. The van der Waals surface area contributed by atoms with Gasteiger partial charge in [-0.2, -0.15) is 0 Å². The van der Waals surface area contributed by atoms with Crippen LogP contribution in [0.25, 0.3) is 0 Å². The Morgan fingerprint density at radius 3 is 2.86 bits per heavy atom. The second-order valence-corrected chi connectivity index (χ2v) is 3.08. The van der Waals surface area contributed by atoms with Crippen molar-refractivity contribution in [3.63, 3.8) is 0 Å². The lowest BCUT2D eigenvalue weighted by Gasteiger charge is -2.03. The summed E-state index contributed by atoms with van der Waals surface area (Å²) in [5, 5.41) is 12.0. The number of rotatable bonds is 2. The summed E-state index contributed by atoms with van der Waals surface area (Å²) >= 11 is 0. The molecule has 74 valence electrons. The summed E-state index contributed by atoms with van der Waals surface area (Å²) in [5.41, 5.74) is 3.01. The minimum absolute atomic E-state index is 0.0768. The van der Waals surface area contributed by atoms with Crippen LogP contribution in [0.5, 0.6) is 0 Å². The Hall–Kier alpha value is -1.30. The molecule has 0 bridgehead atoms. The van der Waals surface area contributed by atoms with Crippen molar-refractivity contribution >= 4 is 0 Å². The van der Waals surface area contributed by atoms with Crippen LogP contribution in [0, 0.1) is 18.8 Å². The van der Waals surface area contributed by atoms with Crippen LogP contribution in [0.1, 0.15) is 16.7 Å². The number of hydrogen-bond donors (Lipinski definition) is 2. The van der Waals surface area contributed by atoms with Crippen LogP contribution in [-0.2, 0) is 6.61 Å². The minimum atomic E-state index is 0.0768. The lowest BCUT2D eigenvalue weighted by molar-refractivity contribution is 0.281. The topological polar surface area (TPSA) is 32.3 Å². The van der Waals surface area contributed by atoms with Gasteiger partial charge in [0.05, 0.1) is 13.2 Å². The highest BCUT2D eigenvalue weighted by Crippen LogP contribution is 2.12. The zero-order valence-corrected chi connectivity index (χ0v) is 8.59. The highest BCUT2D eigenvalue weighted by Gasteiger charge is 1.99. The predicted molar refractivity (Wildman–Crippen MR) is 57.9 cm³/mol. The smallest absolute Gasteiger partial charge is 0.0684 e. The minimum Gasteiger partial charge on any atom is -0.392 e. The number of aliphatic hydroxyl groups is 1. The SMILES string of the molecule is CNCC#Cc1cccc(CO)c1C. The van der Waals surface area contributed by atoms with Gasteiger partial charge in [0, 0.05) is 5.56 Å². The Balaban J connectivity index is 2.94. The van der Waals surface area contributed by atoms with Gasteiger partial charge in [-0.3, -0.25) is 0 Å². The predicted octanol–water partition coefficient (Wildman–Crippen LogP) is 1.06.